The molecule has 2 aliphatic heterocycles. The molecule has 1 amide bonds. The second-order valence-electron chi connectivity index (χ2n) is 5.32. The fraction of sp³-hybridized carbons (Fsp3) is 0.727. The minimum absolute atomic E-state index is 0.258. The number of rotatable bonds is 1. The molecule has 0 bridgehead atoms. The van der Waals surface area contributed by atoms with Gasteiger partial charge in [0.05, 0.1) is 0 Å². The Morgan fingerprint density at radius 1 is 1.39 bits per heavy atom. The number of piperazine rings is 1. The lowest BCUT2D eigenvalue weighted by Gasteiger charge is -2.34. The number of esters is 2. The van der Waals surface area contributed by atoms with Gasteiger partial charge in [0.25, 0.3) is 0 Å². The van der Waals surface area contributed by atoms with Crippen molar-refractivity contribution in [2.24, 2.45) is 0 Å². The first-order valence-corrected chi connectivity index (χ1v) is 5.77. The molecule has 0 aromatic rings. The number of cyclic esters (lactones) is 2. The number of amides is 1. The lowest BCUT2D eigenvalue weighted by Crippen LogP contribution is -2.60. The molecule has 18 heavy (non-hydrogen) atoms. The van der Waals surface area contributed by atoms with Crippen molar-refractivity contribution < 1.29 is 23.9 Å². The molecular weight excluding hydrogens is 240 g/mol. The molecule has 2 saturated heterocycles. The third kappa shape index (κ3) is 2.31. The number of ether oxygens (including phenoxy) is 2. The average molecular weight is 256 g/mol. The van der Waals surface area contributed by atoms with Gasteiger partial charge in [0.2, 0.25) is 0 Å². The molecule has 2 atom stereocenters. The van der Waals surface area contributed by atoms with Gasteiger partial charge in [0.1, 0.15) is 17.7 Å². The third-order valence-corrected chi connectivity index (χ3v) is 2.70. The summed E-state index contributed by atoms with van der Waals surface area (Å²) in [6.45, 7) is 5.78. The minimum Gasteiger partial charge on any atom is -0.458 e. The van der Waals surface area contributed by atoms with Crippen LogP contribution in [0.5, 0.6) is 0 Å². The molecule has 0 aromatic carbocycles. The zero-order valence-electron chi connectivity index (χ0n) is 10.6. The summed E-state index contributed by atoms with van der Waals surface area (Å²) in [5.74, 6) is -1.16. The van der Waals surface area contributed by atoms with Crippen LogP contribution in [0.3, 0.4) is 0 Å². The maximum atomic E-state index is 12.0. The number of nitrogens with zero attached hydrogens (tertiary/aromatic N) is 1. The largest absolute Gasteiger partial charge is 0.458 e. The van der Waals surface area contributed by atoms with E-state index in [9.17, 15) is 14.4 Å². The molecule has 100 valence electrons. The summed E-state index contributed by atoms with van der Waals surface area (Å²) in [7, 11) is 0. The summed E-state index contributed by atoms with van der Waals surface area (Å²) in [4.78, 5) is 36.1. The van der Waals surface area contributed by atoms with Crippen molar-refractivity contribution in [3.63, 3.8) is 0 Å². The van der Waals surface area contributed by atoms with E-state index in [0.717, 1.165) is 4.90 Å². The van der Waals surface area contributed by atoms with Crippen molar-refractivity contribution >= 4 is 18.0 Å². The zero-order valence-corrected chi connectivity index (χ0v) is 10.6. The normalized spacial score (nSPS) is 27.8. The fourth-order valence-electron chi connectivity index (χ4n) is 2.00. The Bertz CT molecular complexity index is 401. The summed E-state index contributed by atoms with van der Waals surface area (Å²) in [5, 5.41) is 2.93. The first kappa shape index (κ1) is 12.8. The molecule has 7 nitrogen and oxygen atoms in total. The van der Waals surface area contributed by atoms with Crippen LogP contribution < -0.4 is 5.32 Å². The molecule has 1 N–H and O–H groups in total. The average Bonchev–Trinajstić information content (AvgIpc) is 2.52. The molecule has 7 heteroatoms. The molecule has 0 aromatic heterocycles. The molecule has 2 heterocycles. The lowest BCUT2D eigenvalue weighted by atomic mass is 10.1. The summed E-state index contributed by atoms with van der Waals surface area (Å²) in [6.07, 6.45) is -0.776. The molecule has 0 saturated carbocycles. The van der Waals surface area contributed by atoms with Crippen molar-refractivity contribution in [2.45, 2.75) is 38.5 Å². The highest BCUT2D eigenvalue weighted by atomic mass is 16.6. The van der Waals surface area contributed by atoms with Gasteiger partial charge in [0, 0.05) is 13.1 Å². The Morgan fingerprint density at radius 2 is 2.06 bits per heavy atom. The van der Waals surface area contributed by atoms with Gasteiger partial charge in [-0.1, -0.05) is 0 Å². The van der Waals surface area contributed by atoms with Gasteiger partial charge in [-0.05, 0) is 20.8 Å². The second-order valence-corrected chi connectivity index (χ2v) is 5.32. The van der Waals surface area contributed by atoms with Crippen LogP contribution in [0.4, 0.5) is 4.79 Å². The van der Waals surface area contributed by atoms with Crippen molar-refractivity contribution in [2.75, 3.05) is 13.1 Å². The summed E-state index contributed by atoms with van der Waals surface area (Å²) in [5.41, 5.74) is -0.641. The highest BCUT2D eigenvalue weighted by Gasteiger charge is 2.50. The molecular formula is C11H16N2O5. The Balaban J connectivity index is 2.15. The van der Waals surface area contributed by atoms with Crippen LogP contribution in [0.2, 0.25) is 0 Å². The number of fused-ring (bicyclic) bond motifs is 1. The summed E-state index contributed by atoms with van der Waals surface area (Å²) >= 11 is 0. The fourth-order valence-corrected chi connectivity index (χ4v) is 2.00. The Hall–Kier alpha value is -1.63. The number of carbonyl (C=O) groups is 3. The number of carbonyl (C=O) groups excluding carboxylic acids is 3. The molecule has 0 spiro atoms. The van der Waals surface area contributed by atoms with Crippen LogP contribution in [-0.2, 0) is 19.1 Å². The standard InChI is InChI=1S/C11H16N2O5/c1-11(2,3)18-9(15)7-5-12-4-6-8(14)17-10(16)13(6)7/h6-7,12H,4-5H2,1-3H3. The van der Waals surface area contributed by atoms with Crippen LogP contribution in [-0.4, -0.2) is 53.7 Å². The van der Waals surface area contributed by atoms with Gasteiger partial charge >= 0.3 is 18.0 Å². The minimum atomic E-state index is -0.818. The number of nitrogens with one attached hydrogen (secondary N) is 1. The smallest absolute Gasteiger partial charge is 0.419 e. The lowest BCUT2D eigenvalue weighted by molar-refractivity contribution is -0.161. The molecule has 0 radical (unpaired) electrons. The van der Waals surface area contributed by atoms with Crippen LogP contribution in [0.15, 0.2) is 0 Å². The van der Waals surface area contributed by atoms with Gasteiger partial charge in [-0.15, -0.1) is 0 Å². The summed E-state index contributed by atoms with van der Waals surface area (Å²) < 4.78 is 9.75. The maximum Gasteiger partial charge on any atom is 0.419 e. The van der Waals surface area contributed by atoms with Crippen molar-refractivity contribution in [3.8, 4) is 0 Å². The van der Waals surface area contributed by atoms with Crippen molar-refractivity contribution in [1.82, 2.24) is 10.2 Å². The van der Waals surface area contributed by atoms with Gasteiger partial charge < -0.3 is 14.8 Å². The predicted octanol–water partition coefficient (Wildman–Crippen LogP) is -0.353. The van der Waals surface area contributed by atoms with Gasteiger partial charge in [-0.2, -0.15) is 0 Å². The highest BCUT2D eigenvalue weighted by molar-refractivity contribution is 5.98. The van der Waals surface area contributed by atoms with Gasteiger partial charge in [0.15, 0.2) is 0 Å². The first-order chi connectivity index (χ1) is 8.29. The van der Waals surface area contributed by atoms with E-state index < -0.39 is 35.7 Å². The van der Waals surface area contributed by atoms with Gasteiger partial charge in [-0.25, -0.2) is 14.4 Å². The van der Waals surface area contributed by atoms with E-state index in [2.05, 4.69) is 10.1 Å². The SMILES string of the molecule is CC(C)(C)OC(=O)C1CNCC2C(=O)OC(=O)N21. The monoisotopic (exact) mass is 256 g/mol. The second kappa shape index (κ2) is 4.24. The van der Waals surface area contributed by atoms with Crippen LogP contribution >= 0.6 is 0 Å². The number of hydrogen-bond donors (Lipinski definition) is 1. The quantitative estimate of drug-likeness (QED) is 0.510. The molecule has 0 aliphatic carbocycles. The van der Waals surface area contributed by atoms with E-state index in [-0.39, 0.29) is 6.54 Å². The van der Waals surface area contributed by atoms with E-state index in [1.165, 1.54) is 0 Å². The van der Waals surface area contributed by atoms with Crippen LogP contribution in [0.25, 0.3) is 0 Å². The summed E-state index contributed by atoms with van der Waals surface area (Å²) in [6, 6.07) is -1.55. The maximum absolute atomic E-state index is 12.0. The van der Waals surface area contributed by atoms with E-state index in [4.69, 9.17) is 4.74 Å². The van der Waals surface area contributed by atoms with E-state index >= 15 is 0 Å². The van der Waals surface area contributed by atoms with Gasteiger partial charge in [-0.3, -0.25) is 4.90 Å². The van der Waals surface area contributed by atoms with Crippen molar-refractivity contribution in [3.05, 3.63) is 0 Å². The first-order valence-electron chi connectivity index (χ1n) is 5.77. The van der Waals surface area contributed by atoms with Crippen LogP contribution in [0, 0.1) is 0 Å². The Labute approximate surface area is 104 Å². The zero-order chi connectivity index (χ0) is 13.5. The predicted molar refractivity (Wildman–Crippen MR) is 59.6 cm³/mol. The highest BCUT2D eigenvalue weighted by Crippen LogP contribution is 2.22. The van der Waals surface area contributed by atoms with E-state index in [1.807, 2.05) is 0 Å². The number of hydrogen-bond acceptors (Lipinski definition) is 6. The Morgan fingerprint density at radius 3 is 2.67 bits per heavy atom. The molecule has 2 unspecified atom stereocenters. The van der Waals surface area contributed by atoms with Crippen molar-refractivity contribution in [1.29, 1.82) is 0 Å². The topological polar surface area (TPSA) is 84.9 Å². The van der Waals surface area contributed by atoms with E-state index in [0.29, 0.717) is 6.54 Å². The molecule has 2 rings (SSSR count). The molecule has 2 fully saturated rings. The molecule has 2 aliphatic rings. The third-order valence-electron chi connectivity index (χ3n) is 2.70. The Kier molecular flexibility index (Phi) is 3.02. The van der Waals surface area contributed by atoms with E-state index in [1.54, 1.807) is 20.8 Å². The van der Waals surface area contributed by atoms with Crippen LogP contribution in [0.1, 0.15) is 20.8 Å².